The fourth-order valence-electron chi connectivity index (χ4n) is 6.37. The lowest BCUT2D eigenvalue weighted by molar-refractivity contribution is 0.620. The highest BCUT2D eigenvalue weighted by Crippen LogP contribution is 2.43. The summed E-state index contributed by atoms with van der Waals surface area (Å²) in [7, 11) is 0. The summed E-state index contributed by atoms with van der Waals surface area (Å²) in [5.41, 5.74) is 10.7. The fraction of sp³-hybridized carbons (Fsp3) is 0. The Morgan fingerprint density at radius 1 is 0.426 bits per heavy atom. The molecule has 0 N–H and O–H groups in total. The van der Waals surface area contributed by atoms with Gasteiger partial charge in [-0.3, -0.25) is 0 Å². The molecular formula is C43H28N2OS. The van der Waals surface area contributed by atoms with E-state index in [1.807, 2.05) is 30.3 Å². The average Bonchev–Trinajstić information content (AvgIpc) is 3.73. The first-order valence-corrected chi connectivity index (χ1v) is 16.5. The fourth-order valence-corrected chi connectivity index (χ4v) is 7.46. The van der Waals surface area contributed by atoms with Crippen molar-refractivity contribution in [2.24, 2.45) is 0 Å². The molecule has 3 nitrogen and oxygen atoms in total. The number of nitrogens with zero attached hydrogens (tertiary/aromatic N) is 2. The van der Waals surface area contributed by atoms with Gasteiger partial charge in [-0.05, 0) is 82.9 Å². The Labute approximate surface area is 276 Å². The van der Waals surface area contributed by atoms with Crippen LogP contribution in [0.4, 0.5) is 17.1 Å². The number of aromatic nitrogens is 1. The molecule has 0 bridgehead atoms. The lowest BCUT2D eigenvalue weighted by atomic mass is 10.0. The van der Waals surface area contributed by atoms with Gasteiger partial charge in [-0.25, -0.2) is 4.98 Å². The summed E-state index contributed by atoms with van der Waals surface area (Å²) < 4.78 is 8.63. The summed E-state index contributed by atoms with van der Waals surface area (Å²) in [6.45, 7) is 0. The number of thiophene rings is 1. The number of oxazole rings is 1. The van der Waals surface area contributed by atoms with Gasteiger partial charge in [0.15, 0.2) is 5.58 Å². The van der Waals surface area contributed by atoms with E-state index in [4.69, 9.17) is 9.40 Å². The third kappa shape index (κ3) is 5.05. The zero-order valence-electron chi connectivity index (χ0n) is 25.4. The first kappa shape index (κ1) is 27.3. The Morgan fingerprint density at radius 3 is 1.72 bits per heavy atom. The summed E-state index contributed by atoms with van der Waals surface area (Å²) in [6, 6.07) is 59.9. The lowest BCUT2D eigenvalue weighted by Crippen LogP contribution is -2.10. The van der Waals surface area contributed by atoms with Crippen LogP contribution in [0.5, 0.6) is 0 Å². The van der Waals surface area contributed by atoms with Crippen LogP contribution in [0, 0.1) is 0 Å². The van der Waals surface area contributed by atoms with Crippen molar-refractivity contribution in [1.82, 2.24) is 4.98 Å². The van der Waals surface area contributed by atoms with E-state index in [9.17, 15) is 0 Å². The molecule has 222 valence electrons. The molecule has 0 fully saturated rings. The highest BCUT2D eigenvalue weighted by atomic mass is 32.1. The topological polar surface area (TPSA) is 29.3 Å². The molecule has 2 aromatic heterocycles. The Morgan fingerprint density at radius 2 is 1.00 bits per heavy atom. The van der Waals surface area contributed by atoms with E-state index in [0.717, 1.165) is 33.7 Å². The van der Waals surface area contributed by atoms with Gasteiger partial charge in [0, 0.05) is 48.9 Å². The second-order valence-corrected chi connectivity index (χ2v) is 12.7. The first-order valence-electron chi connectivity index (χ1n) is 15.7. The van der Waals surface area contributed by atoms with Gasteiger partial charge in [0.05, 0.1) is 0 Å². The van der Waals surface area contributed by atoms with Crippen molar-refractivity contribution in [3.05, 3.63) is 170 Å². The minimum absolute atomic E-state index is 0.645. The molecule has 0 aliphatic heterocycles. The first-order chi connectivity index (χ1) is 23.3. The Balaban J connectivity index is 1.19. The molecule has 0 aliphatic rings. The zero-order chi connectivity index (χ0) is 31.2. The molecule has 0 saturated carbocycles. The van der Waals surface area contributed by atoms with E-state index >= 15 is 0 Å². The van der Waals surface area contributed by atoms with Crippen LogP contribution in [0.15, 0.2) is 174 Å². The molecule has 0 atom stereocenters. The quantitative estimate of drug-likeness (QED) is 0.185. The van der Waals surface area contributed by atoms with Crippen molar-refractivity contribution in [3.8, 4) is 33.7 Å². The second-order valence-electron chi connectivity index (χ2n) is 11.6. The van der Waals surface area contributed by atoms with Crippen LogP contribution in [0.2, 0.25) is 0 Å². The Bertz CT molecular complexity index is 2500. The maximum Gasteiger partial charge on any atom is 0.227 e. The number of hydrogen-bond donors (Lipinski definition) is 0. The molecule has 4 heteroatoms. The van der Waals surface area contributed by atoms with Crippen LogP contribution in [-0.4, -0.2) is 4.98 Å². The SMILES string of the molecule is c1ccc(-c2ccc(N(c3cccc(-c4ccccc4)c3)c3ccc4sc5cc6oc(-c7ccccc7)nc6cc5c4c3)cc2)cc1. The normalized spacial score (nSPS) is 11.4. The van der Waals surface area contributed by atoms with Gasteiger partial charge < -0.3 is 9.32 Å². The van der Waals surface area contributed by atoms with Crippen molar-refractivity contribution in [3.63, 3.8) is 0 Å². The number of fused-ring (bicyclic) bond motifs is 4. The molecule has 9 rings (SSSR count). The van der Waals surface area contributed by atoms with Gasteiger partial charge in [-0.2, -0.15) is 0 Å². The predicted molar refractivity (Wildman–Crippen MR) is 198 cm³/mol. The van der Waals surface area contributed by atoms with Gasteiger partial charge in [0.2, 0.25) is 5.89 Å². The van der Waals surface area contributed by atoms with Gasteiger partial charge >= 0.3 is 0 Å². The summed E-state index contributed by atoms with van der Waals surface area (Å²) in [5.74, 6) is 0.645. The van der Waals surface area contributed by atoms with Crippen molar-refractivity contribution in [1.29, 1.82) is 0 Å². The van der Waals surface area contributed by atoms with Crippen LogP contribution >= 0.6 is 11.3 Å². The number of hydrogen-bond acceptors (Lipinski definition) is 4. The minimum atomic E-state index is 0.645. The van der Waals surface area contributed by atoms with Crippen LogP contribution < -0.4 is 4.90 Å². The molecule has 0 radical (unpaired) electrons. The zero-order valence-corrected chi connectivity index (χ0v) is 26.2. The summed E-state index contributed by atoms with van der Waals surface area (Å²) in [4.78, 5) is 7.22. The third-order valence-corrected chi connectivity index (χ3v) is 9.82. The van der Waals surface area contributed by atoms with Gasteiger partial charge in [0.25, 0.3) is 0 Å². The minimum Gasteiger partial charge on any atom is -0.436 e. The molecule has 9 aromatic rings. The van der Waals surface area contributed by atoms with Crippen molar-refractivity contribution >= 4 is 59.7 Å². The van der Waals surface area contributed by atoms with E-state index in [0.29, 0.717) is 5.89 Å². The maximum absolute atomic E-state index is 6.21. The monoisotopic (exact) mass is 620 g/mol. The van der Waals surface area contributed by atoms with Crippen LogP contribution in [0.1, 0.15) is 0 Å². The number of anilines is 3. The summed E-state index contributed by atoms with van der Waals surface area (Å²) in [6.07, 6.45) is 0. The molecule has 0 saturated heterocycles. The van der Waals surface area contributed by atoms with Crippen LogP contribution in [0.3, 0.4) is 0 Å². The molecule has 0 amide bonds. The largest absolute Gasteiger partial charge is 0.436 e. The van der Waals surface area contributed by atoms with Crippen molar-refractivity contribution < 1.29 is 4.42 Å². The van der Waals surface area contributed by atoms with Crippen molar-refractivity contribution in [2.75, 3.05) is 4.90 Å². The Hall–Kier alpha value is -5.97. The molecule has 7 aromatic carbocycles. The lowest BCUT2D eigenvalue weighted by Gasteiger charge is -2.26. The van der Waals surface area contributed by atoms with E-state index in [-0.39, 0.29) is 0 Å². The van der Waals surface area contributed by atoms with E-state index in [1.54, 1.807) is 11.3 Å². The molecule has 0 spiro atoms. The number of rotatable bonds is 6. The Kier molecular flexibility index (Phi) is 6.65. The van der Waals surface area contributed by atoms with Crippen molar-refractivity contribution in [2.45, 2.75) is 0 Å². The average molecular weight is 621 g/mol. The second kappa shape index (κ2) is 11.4. The standard InChI is InChI=1S/C43H28N2OS/c1-4-11-29(12-5-1)31-19-21-34(22-20-31)45(35-18-10-17-33(25-35)30-13-6-2-7-14-30)36-23-24-41-37(26-36)38-27-39-40(28-42(38)47-41)46-43(44-39)32-15-8-3-9-16-32/h1-28H. The highest BCUT2D eigenvalue weighted by Gasteiger charge is 2.17. The highest BCUT2D eigenvalue weighted by molar-refractivity contribution is 7.25. The molecule has 2 heterocycles. The molecule has 0 aliphatic carbocycles. The smallest absolute Gasteiger partial charge is 0.227 e. The van der Waals surface area contributed by atoms with Crippen LogP contribution in [0.25, 0.3) is 65.0 Å². The molecule has 0 unspecified atom stereocenters. The van der Waals surface area contributed by atoms with E-state index in [1.165, 1.54) is 42.4 Å². The van der Waals surface area contributed by atoms with Gasteiger partial charge in [-0.1, -0.05) is 103 Å². The summed E-state index contributed by atoms with van der Waals surface area (Å²) >= 11 is 1.79. The molecular weight excluding hydrogens is 593 g/mol. The van der Waals surface area contributed by atoms with E-state index < -0.39 is 0 Å². The molecule has 47 heavy (non-hydrogen) atoms. The van der Waals surface area contributed by atoms with Crippen LogP contribution in [-0.2, 0) is 0 Å². The number of benzene rings is 7. The maximum atomic E-state index is 6.21. The van der Waals surface area contributed by atoms with Gasteiger partial charge in [-0.15, -0.1) is 11.3 Å². The predicted octanol–water partition coefficient (Wildman–Crippen LogP) is 12.7. The third-order valence-electron chi connectivity index (χ3n) is 8.69. The van der Waals surface area contributed by atoms with Gasteiger partial charge in [0.1, 0.15) is 5.52 Å². The summed E-state index contributed by atoms with van der Waals surface area (Å²) in [5, 5.41) is 2.39. The van der Waals surface area contributed by atoms with E-state index in [2.05, 4.69) is 144 Å².